The van der Waals surface area contributed by atoms with Crippen LogP contribution >= 0.6 is 23.2 Å². The molecule has 0 radical (unpaired) electrons. The summed E-state index contributed by atoms with van der Waals surface area (Å²) in [5, 5.41) is 3.75. The first-order valence-corrected chi connectivity index (χ1v) is 10.6. The second-order valence-electron chi connectivity index (χ2n) is 7.42. The molecular weight excluding hydrogens is 419 g/mol. The molecule has 0 heterocycles. The zero-order valence-electron chi connectivity index (χ0n) is 16.3. The molecule has 0 saturated heterocycles. The molecule has 4 rings (SSSR count). The van der Waals surface area contributed by atoms with Crippen molar-refractivity contribution in [3.8, 4) is 11.1 Å². The highest BCUT2D eigenvalue weighted by Crippen LogP contribution is 2.44. The largest absolute Gasteiger partial charge is 0.449 e. The van der Waals surface area contributed by atoms with Gasteiger partial charge in [-0.2, -0.15) is 0 Å². The fraction of sp³-hybridized carbons (Fsp3) is 0.208. The van der Waals surface area contributed by atoms with Gasteiger partial charge in [0, 0.05) is 18.5 Å². The lowest BCUT2D eigenvalue weighted by Gasteiger charge is -2.16. The maximum atomic E-state index is 12.3. The number of carbonyl (C=O) groups excluding carboxylic acids is 1. The number of ether oxygens (including phenoxy) is 1. The number of alkyl carbamates (subject to hydrolysis) is 1. The Bertz CT molecular complexity index is 1030. The van der Waals surface area contributed by atoms with Gasteiger partial charge in [-0.25, -0.2) is 4.79 Å². The first-order valence-electron chi connectivity index (χ1n) is 9.81. The standard InChI is InChI=1S/C24H22Cl2N2O2/c25-22-10-9-15(12-23(22)26)11-16(27)13-28-24(29)30-14-21-19-7-3-1-5-17(19)18-6-2-4-8-20(18)21/h1-10,12,16,21H,11,13-14,27H2,(H,28,29)/t16-/m1/s1. The second kappa shape index (κ2) is 9.09. The van der Waals surface area contributed by atoms with Gasteiger partial charge < -0.3 is 15.8 Å². The Morgan fingerprint density at radius 3 is 2.23 bits per heavy atom. The van der Waals surface area contributed by atoms with Gasteiger partial charge in [-0.15, -0.1) is 0 Å². The van der Waals surface area contributed by atoms with Crippen molar-refractivity contribution in [2.75, 3.05) is 13.2 Å². The summed E-state index contributed by atoms with van der Waals surface area (Å²) >= 11 is 12.0. The van der Waals surface area contributed by atoms with Crippen molar-refractivity contribution in [1.29, 1.82) is 0 Å². The Kier molecular flexibility index (Phi) is 6.28. The highest BCUT2D eigenvalue weighted by atomic mass is 35.5. The minimum Gasteiger partial charge on any atom is -0.449 e. The molecule has 3 aromatic rings. The molecule has 154 valence electrons. The Morgan fingerprint density at radius 1 is 0.967 bits per heavy atom. The average molecular weight is 441 g/mol. The predicted octanol–water partition coefficient (Wildman–Crippen LogP) is 5.40. The summed E-state index contributed by atoms with van der Waals surface area (Å²) in [5.74, 6) is 0.0352. The highest BCUT2D eigenvalue weighted by molar-refractivity contribution is 6.42. The predicted molar refractivity (Wildman–Crippen MR) is 121 cm³/mol. The van der Waals surface area contributed by atoms with Crippen molar-refractivity contribution < 1.29 is 9.53 Å². The molecule has 0 aromatic heterocycles. The molecule has 1 amide bonds. The number of hydrogen-bond acceptors (Lipinski definition) is 3. The fourth-order valence-corrected chi connectivity index (χ4v) is 4.23. The van der Waals surface area contributed by atoms with Gasteiger partial charge in [0.05, 0.1) is 10.0 Å². The molecule has 1 aliphatic carbocycles. The molecule has 0 fully saturated rings. The number of benzene rings is 3. The SMILES string of the molecule is N[C@@H](CNC(=O)OCC1c2ccccc2-c2ccccc21)Cc1ccc(Cl)c(Cl)c1. The fourth-order valence-electron chi connectivity index (χ4n) is 3.91. The molecule has 30 heavy (non-hydrogen) atoms. The van der Waals surface area contributed by atoms with Crippen LogP contribution in [-0.2, 0) is 11.2 Å². The summed E-state index contributed by atoms with van der Waals surface area (Å²) in [6, 6.07) is 21.6. The highest BCUT2D eigenvalue weighted by Gasteiger charge is 2.29. The van der Waals surface area contributed by atoms with E-state index in [-0.39, 0.29) is 18.6 Å². The van der Waals surface area contributed by atoms with Gasteiger partial charge in [0.1, 0.15) is 6.61 Å². The molecule has 6 heteroatoms. The number of nitrogens with one attached hydrogen (secondary N) is 1. The van der Waals surface area contributed by atoms with Crippen molar-refractivity contribution in [3.63, 3.8) is 0 Å². The molecule has 4 nitrogen and oxygen atoms in total. The Morgan fingerprint density at radius 2 is 1.60 bits per heavy atom. The first-order chi connectivity index (χ1) is 14.5. The third-order valence-corrected chi connectivity index (χ3v) is 6.07. The summed E-state index contributed by atoms with van der Waals surface area (Å²) in [4.78, 5) is 12.3. The lowest BCUT2D eigenvalue weighted by atomic mass is 9.98. The number of fused-ring (bicyclic) bond motifs is 3. The van der Waals surface area contributed by atoms with E-state index in [1.54, 1.807) is 12.1 Å². The monoisotopic (exact) mass is 440 g/mol. The van der Waals surface area contributed by atoms with E-state index >= 15 is 0 Å². The third kappa shape index (κ3) is 4.46. The molecule has 3 N–H and O–H groups in total. The third-order valence-electron chi connectivity index (χ3n) is 5.33. The van der Waals surface area contributed by atoms with Crippen LogP contribution in [-0.4, -0.2) is 25.3 Å². The van der Waals surface area contributed by atoms with Crippen molar-refractivity contribution >= 4 is 29.3 Å². The molecule has 1 aliphatic rings. The molecule has 3 aromatic carbocycles. The van der Waals surface area contributed by atoms with E-state index in [1.165, 1.54) is 22.3 Å². The molecular formula is C24H22Cl2N2O2. The number of hydrogen-bond donors (Lipinski definition) is 2. The Labute approximate surface area is 186 Å². The minimum atomic E-state index is -0.471. The van der Waals surface area contributed by atoms with Gasteiger partial charge >= 0.3 is 6.09 Å². The number of halogens is 2. The quantitative estimate of drug-likeness (QED) is 0.538. The van der Waals surface area contributed by atoms with Gasteiger partial charge in [0.25, 0.3) is 0 Å². The maximum Gasteiger partial charge on any atom is 0.407 e. The summed E-state index contributed by atoms with van der Waals surface area (Å²) in [6.45, 7) is 0.582. The number of amides is 1. The van der Waals surface area contributed by atoms with Gasteiger partial charge in [-0.3, -0.25) is 0 Å². The van der Waals surface area contributed by atoms with Crippen LogP contribution in [0.3, 0.4) is 0 Å². The topological polar surface area (TPSA) is 64.3 Å². The van der Waals surface area contributed by atoms with Crippen LogP contribution in [0.1, 0.15) is 22.6 Å². The molecule has 0 saturated carbocycles. The molecule has 0 spiro atoms. The smallest absolute Gasteiger partial charge is 0.407 e. The summed E-state index contributed by atoms with van der Waals surface area (Å²) in [7, 11) is 0. The van der Waals surface area contributed by atoms with Gasteiger partial charge in [-0.1, -0.05) is 77.8 Å². The molecule has 0 bridgehead atoms. The number of carbonyl (C=O) groups is 1. The van der Waals surface area contributed by atoms with Crippen molar-refractivity contribution in [3.05, 3.63) is 93.5 Å². The lowest BCUT2D eigenvalue weighted by molar-refractivity contribution is 0.142. The number of rotatable bonds is 6. The van der Waals surface area contributed by atoms with Crippen molar-refractivity contribution in [1.82, 2.24) is 5.32 Å². The van der Waals surface area contributed by atoms with Crippen LogP contribution in [0, 0.1) is 0 Å². The molecule has 1 atom stereocenters. The van der Waals surface area contributed by atoms with Gasteiger partial charge in [-0.05, 0) is 46.4 Å². The Balaban J connectivity index is 1.31. The summed E-state index contributed by atoms with van der Waals surface area (Å²) < 4.78 is 5.53. The first kappa shape index (κ1) is 20.7. The van der Waals surface area contributed by atoms with E-state index in [9.17, 15) is 4.79 Å². The van der Waals surface area contributed by atoms with E-state index in [4.69, 9.17) is 33.7 Å². The molecule has 0 aliphatic heterocycles. The summed E-state index contributed by atoms with van der Waals surface area (Å²) in [6.07, 6.45) is 0.0991. The minimum absolute atomic E-state index is 0.0352. The normalized spacial score (nSPS) is 13.4. The van der Waals surface area contributed by atoms with Crippen LogP contribution in [0.4, 0.5) is 4.79 Å². The maximum absolute atomic E-state index is 12.3. The second-order valence-corrected chi connectivity index (χ2v) is 8.23. The van der Waals surface area contributed by atoms with E-state index in [1.807, 2.05) is 30.3 Å². The van der Waals surface area contributed by atoms with Crippen LogP contribution in [0.5, 0.6) is 0 Å². The van der Waals surface area contributed by atoms with Crippen LogP contribution in [0.2, 0.25) is 10.0 Å². The molecule has 0 unspecified atom stereocenters. The van der Waals surface area contributed by atoms with Gasteiger partial charge in [0.15, 0.2) is 0 Å². The van der Waals surface area contributed by atoms with Crippen molar-refractivity contribution in [2.45, 2.75) is 18.4 Å². The zero-order valence-corrected chi connectivity index (χ0v) is 17.8. The Hall–Kier alpha value is -2.53. The van der Waals surface area contributed by atoms with Crippen LogP contribution in [0.15, 0.2) is 66.7 Å². The lowest BCUT2D eigenvalue weighted by Crippen LogP contribution is -2.39. The van der Waals surface area contributed by atoms with E-state index in [2.05, 4.69) is 29.6 Å². The van der Waals surface area contributed by atoms with E-state index in [0.29, 0.717) is 23.0 Å². The average Bonchev–Trinajstić information content (AvgIpc) is 3.07. The summed E-state index contributed by atoms with van der Waals surface area (Å²) in [5.41, 5.74) is 11.9. The van der Waals surface area contributed by atoms with Gasteiger partial charge in [0.2, 0.25) is 0 Å². The van der Waals surface area contributed by atoms with E-state index < -0.39 is 6.09 Å². The number of nitrogens with two attached hydrogens (primary N) is 1. The zero-order chi connectivity index (χ0) is 21.1. The van der Waals surface area contributed by atoms with Crippen molar-refractivity contribution in [2.24, 2.45) is 5.73 Å². The van der Waals surface area contributed by atoms with E-state index in [0.717, 1.165) is 5.56 Å². The van der Waals surface area contributed by atoms with Crippen LogP contribution in [0.25, 0.3) is 11.1 Å². The van der Waals surface area contributed by atoms with Crippen LogP contribution < -0.4 is 11.1 Å².